The molecule has 0 bridgehead atoms. The van der Waals surface area contributed by atoms with Crippen LogP contribution in [0.2, 0.25) is 0 Å². The lowest BCUT2D eigenvalue weighted by Gasteiger charge is -2.38. The highest BCUT2D eigenvalue weighted by molar-refractivity contribution is 6.22. The van der Waals surface area contributed by atoms with Crippen molar-refractivity contribution in [1.29, 1.82) is 0 Å². The summed E-state index contributed by atoms with van der Waals surface area (Å²) in [6, 6.07) is 13.8. The second-order valence-electron chi connectivity index (χ2n) is 7.00. The molecule has 2 aromatic carbocycles. The van der Waals surface area contributed by atoms with E-state index < -0.39 is 6.04 Å². The second-order valence-corrected chi connectivity index (χ2v) is 7.00. The lowest BCUT2D eigenvalue weighted by atomic mass is 10.1. The number of amides is 2. The van der Waals surface area contributed by atoms with Gasteiger partial charge in [0.05, 0.1) is 30.9 Å². The number of hydrogen-bond acceptors (Lipinski definition) is 6. The third-order valence-electron chi connectivity index (χ3n) is 5.41. The van der Waals surface area contributed by atoms with Crippen molar-refractivity contribution in [3.63, 3.8) is 0 Å². The molecule has 0 unspecified atom stereocenters. The molecule has 2 saturated heterocycles. The Morgan fingerprint density at radius 3 is 2.46 bits per heavy atom. The van der Waals surface area contributed by atoms with E-state index in [1.807, 2.05) is 12.1 Å². The quantitative estimate of drug-likeness (QED) is 0.815. The summed E-state index contributed by atoms with van der Waals surface area (Å²) < 4.78 is 5.21. The zero-order valence-electron chi connectivity index (χ0n) is 15.7. The summed E-state index contributed by atoms with van der Waals surface area (Å²) in [4.78, 5) is 31.0. The molecule has 2 fully saturated rings. The molecule has 0 spiro atoms. The van der Waals surface area contributed by atoms with Crippen LogP contribution in [0.3, 0.4) is 0 Å². The number of carbonyl (C=O) groups is 2. The Bertz CT molecular complexity index is 893. The average molecular weight is 381 g/mol. The van der Waals surface area contributed by atoms with Gasteiger partial charge < -0.3 is 14.7 Å². The molecule has 1 atom stereocenters. The number of phenolic OH excluding ortho intramolecular Hbond substituents is 1. The Balaban J connectivity index is 1.45. The Hall–Kier alpha value is -3.06. The van der Waals surface area contributed by atoms with Gasteiger partial charge in [0.2, 0.25) is 5.91 Å². The van der Waals surface area contributed by atoms with E-state index in [9.17, 15) is 14.7 Å². The summed E-state index contributed by atoms with van der Waals surface area (Å²) in [5, 5.41) is 10.0. The van der Waals surface area contributed by atoms with Gasteiger partial charge in [0, 0.05) is 32.2 Å². The molecule has 7 nitrogen and oxygen atoms in total. The van der Waals surface area contributed by atoms with E-state index in [0.29, 0.717) is 37.6 Å². The minimum Gasteiger partial charge on any atom is -0.506 e. The maximum absolute atomic E-state index is 13.0. The van der Waals surface area contributed by atoms with E-state index in [4.69, 9.17) is 4.74 Å². The van der Waals surface area contributed by atoms with Crippen LogP contribution in [0.25, 0.3) is 0 Å². The maximum atomic E-state index is 13.0. The van der Waals surface area contributed by atoms with Crippen LogP contribution in [-0.4, -0.2) is 61.2 Å². The summed E-state index contributed by atoms with van der Waals surface area (Å²) in [5.74, 6) is 0.491. The summed E-state index contributed by atoms with van der Waals surface area (Å²) in [7, 11) is 1.56. The zero-order chi connectivity index (χ0) is 19.7. The van der Waals surface area contributed by atoms with Gasteiger partial charge in [-0.05, 0) is 24.3 Å². The van der Waals surface area contributed by atoms with Crippen molar-refractivity contribution in [2.45, 2.75) is 12.5 Å². The molecule has 2 aromatic rings. The van der Waals surface area contributed by atoms with Gasteiger partial charge in [-0.3, -0.25) is 14.5 Å². The molecule has 4 rings (SSSR count). The van der Waals surface area contributed by atoms with Crippen molar-refractivity contribution in [2.24, 2.45) is 0 Å². The highest BCUT2D eigenvalue weighted by Crippen LogP contribution is 2.31. The zero-order valence-corrected chi connectivity index (χ0v) is 15.7. The number of imide groups is 1. The van der Waals surface area contributed by atoms with Crippen LogP contribution in [0.4, 0.5) is 11.4 Å². The number of ether oxygens (including phenoxy) is 1. The second kappa shape index (κ2) is 7.52. The standard InChI is InChI=1S/C21H23N3O4/c1-28-16-6-4-5-15(13-16)24-20(26)14-18(21(24)27)23-11-9-22(10-12-23)17-7-2-3-8-19(17)25/h2-8,13,18,25H,9-12,14H2,1H3/t18-/m1/s1. The van der Waals surface area contributed by atoms with Gasteiger partial charge in [0.1, 0.15) is 11.5 Å². The first-order valence-corrected chi connectivity index (χ1v) is 9.36. The average Bonchev–Trinajstić information content (AvgIpc) is 3.02. The molecule has 1 N–H and O–H groups in total. The van der Waals surface area contributed by atoms with Crippen LogP contribution in [0.1, 0.15) is 6.42 Å². The molecular weight excluding hydrogens is 358 g/mol. The minimum absolute atomic E-state index is 0.186. The van der Waals surface area contributed by atoms with Crippen LogP contribution in [0.5, 0.6) is 11.5 Å². The number of anilines is 2. The van der Waals surface area contributed by atoms with Gasteiger partial charge in [-0.1, -0.05) is 18.2 Å². The first kappa shape index (κ1) is 18.3. The molecule has 0 aromatic heterocycles. The summed E-state index contributed by atoms with van der Waals surface area (Å²) >= 11 is 0. The van der Waals surface area contributed by atoms with Gasteiger partial charge in [0.15, 0.2) is 0 Å². The topological polar surface area (TPSA) is 73.3 Å². The van der Waals surface area contributed by atoms with Crippen molar-refractivity contribution >= 4 is 23.2 Å². The number of carbonyl (C=O) groups excluding carboxylic acids is 2. The number of nitrogens with zero attached hydrogens (tertiary/aromatic N) is 3. The largest absolute Gasteiger partial charge is 0.506 e. The summed E-state index contributed by atoms with van der Waals surface area (Å²) in [6.07, 6.45) is 0.187. The number of rotatable bonds is 4. The number of para-hydroxylation sites is 2. The van der Waals surface area contributed by atoms with Crippen LogP contribution >= 0.6 is 0 Å². The number of piperazine rings is 1. The highest BCUT2D eigenvalue weighted by atomic mass is 16.5. The Labute approximate surface area is 163 Å². The summed E-state index contributed by atoms with van der Waals surface area (Å²) in [6.45, 7) is 2.69. The molecular formula is C21H23N3O4. The van der Waals surface area contributed by atoms with Crippen molar-refractivity contribution in [2.75, 3.05) is 43.1 Å². The first-order valence-electron chi connectivity index (χ1n) is 9.36. The lowest BCUT2D eigenvalue weighted by Crippen LogP contribution is -2.52. The van der Waals surface area contributed by atoms with E-state index in [1.165, 1.54) is 4.90 Å². The monoisotopic (exact) mass is 381 g/mol. The van der Waals surface area contributed by atoms with E-state index in [1.54, 1.807) is 43.5 Å². The third kappa shape index (κ3) is 3.29. The Kier molecular flexibility index (Phi) is 4.92. The molecule has 28 heavy (non-hydrogen) atoms. The third-order valence-corrected chi connectivity index (χ3v) is 5.41. The van der Waals surface area contributed by atoms with Crippen LogP contribution in [0, 0.1) is 0 Å². The molecule has 0 saturated carbocycles. The van der Waals surface area contributed by atoms with E-state index >= 15 is 0 Å². The number of methoxy groups -OCH3 is 1. The molecule has 2 aliphatic heterocycles. The van der Waals surface area contributed by atoms with Crippen LogP contribution in [0.15, 0.2) is 48.5 Å². The fourth-order valence-corrected chi connectivity index (χ4v) is 3.93. The van der Waals surface area contributed by atoms with Crippen molar-refractivity contribution in [3.8, 4) is 11.5 Å². The lowest BCUT2D eigenvalue weighted by molar-refractivity contribution is -0.123. The van der Waals surface area contributed by atoms with E-state index in [-0.39, 0.29) is 24.0 Å². The predicted molar refractivity (Wildman–Crippen MR) is 106 cm³/mol. The molecule has 0 radical (unpaired) electrons. The summed E-state index contributed by atoms with van der Waals surface area (Å²) in [5.41, 5.74) is 1.35. The van der Waals surface area contributed by atoms with Crippen molar-refractivity contribution in [3.05, 3.63) is 48.5 Å². The number of phenols is 1. The van der Waals surface area contributed by atoms with Gasteiger partial charge in [-0.15, -0.1) is 0 Å². The molecule has 2 amide bonds. The smallest absolute Gasteiger partial charge is 0.251 e. The SMILES string of the molecule is COc1cccc(N2C(=O)C[C@@H](N3CCN(c4ccccc4O)CC3)C2=O)c1. The Morgan fingerprint density at radius 1 is 1.00 bits per heavy atom. The first-order chi connectivity index (χ1) is 13.6. The normalized spacial score (nSPS) is 20.7. The molecule has 2 heterocycles. The van der Waals surface area contributed by atoms with Crippen LogP contribution < -0.4 is 14.5 Å². The van der Waals surface area contributed by atoms with E-state index in [2.05, 4.69) is 9.80 Å². The Morgan fingerprint density at radius 2 is 1.75 bits per heavy atom. The van der Waals surface area contributed by atoms with E-state index in [0.717, 1.165) is 5.69 Å². The molecule has 2 aliphatic rings. The maximum Gasteiger partial charge on any atom is 0.251 e. The van der Waals surface area contributed by atoms with Crippen LogP contribution in [-0.2, 0) is 9.59 Å². The van der Waals surface area contributed by atoms with Gasteiger partial charge in [-0.2, -0.15) is 0 Å². The van der Waals surface area contributed by atoms with Crippen molar-refractivity contribution < 1.29 is 19.4 Å². The highest BCUT2D eigenvalue weighted by Gasteiger charge is 2.43. The van der Waals surface area contributed by atoms with Gasteiger partial charge in [-0.25, -0.2) is 4.90 Å². The minimum atomic E-state index is -0.440. The molecule has 146 valence electrons. The number of hydrogen-bond donors (Lipinski definition) is 1. The predicted octanol–water partition coefficient (Wildman–Crippen LogP) is 1.85. The fourth-order valence-electron chi connectivity index (χ4n) is 3.93. The molecule has 0 aliphatic carbocycles. The van der Waals surface area contributed by atoms with Crippen molar-refractivity contribution in [1.82, 2.24) is 4.90 Å². The fraction of sp³-hybridized carbons (Fsp3) is 0.333. The van der Waals surface area contributed by atoms with Gasteiger partial charge >= 0.3 is 0 Å². The molecule has 7 heteroatoms. The number of aromatic hydroxyl groups is 1. The number of benzene rings is 2. The van der Waals surface area contributed by atoms with Gasteiger partial charge in [0.25, 0.3) is 5.91 Å².